The van der Waals surface area contributed by atoms with E-state index in [2.05, 4.69) is 22.7 Å². The van der Waals surface area contributed by atoms with Gasteiger partial charge in [-0.15, -0.1) is 0 Å². The molecule has 50 valence electrons. The Kier molecular flexibility index (Phi) is 4.38. The maximum Gasteiger partial charge on any atom is 0.175 e. The molecule has 2 unspecified atom stereocenters. The summed E-state index contributed by atoms with van der Waals surface area (Å²) in [4.78, 5) is 3.18. The van der Waals surface area contributed by atoms with E-state index in [1.165, 1.54) is 0 Å². The van der Waals surface area contributed by atoms with Crippen molar-refractivity contribution in [1.82, 2.24) is 9.63 Å². The van der Waals surface area contributed by atoms with Gasteiger partial charge in [0.25, 0.3) is 0 Å². The van der Waals surface area contributed by atoms with E-state index in [-0.39, 0.29) is 0 Å². The maximum atomic E-state index is 5.59. The Morgan fingerprint density at radius 2 is 1.88 bits per heavy atom. The van der Waals surface area contributed by atoms with Crippen LogP contribution in [0.25, 0.3) is 0 Å². The highest BCUT2D eigenvalue weighted by molar-refractivity contribution is 6.68. The Morgan fingerprint density at radius 1 is 1.38 bits per heavy atom. The third kappa shape index (κ3) is 4.47. The van der Waals surface area contributed by atoms with Gasteiger partial charge in [-0.05, 0) is 20.1 Å². The summed E-state index contributed by atoms with van der Waals surface area (Å²) in [7, 11) is 0.174. The van der Waals surface area contributed by atoms with Crippen molar-refractivity contribution in [3.05, 3.63) is 0 Å². The summed E-state index contributed by atoms with van der Waals surface area (Å²) in [5.41, 5.74) is 0. The number of nitrogens with one attached hydrogen (secondary N) is 2. The van der Waals surface area contributed by atoms with Crippen LogP contribution in [0.5, 0.6) is 0 Å². The molecule has 4 N–H and O–H groups in total. The Balaban J connectivity index is 3.10. The molecule has 0 aromatic heterocycles. The highest BCUT2D eigenvalue weighted by Crippen LogP contribution is 1.65. The molecule has 0 saturated heterocycles. The quantitative estimate of drug-likeness (QED) is 0.426. The highest BCUT2D eigenvalue weighted by Gasteiger charge is 2.01. The molecule has 5 heteroatoms. The van der Waals surface area contributed by atoms with Crippen molar-refractivity contribution < 1.29 is 0 Å². The van der Waals surface area contributed by atoms with E-state index < -0.39 is 18.2 Å². The van der Waals surface area contributed by atoms with Gasteiger partial charge in [-0.2, -0.15) is 0 Å². The minimum atomic E-state index is -0.997. The summed E-state index contributed by atoms with van der Waals surface area (Å²) in [5.74, 6) is 0. The van der Waals surface area contributed by atoms with Crippen LogP contribution in [0.4, 0.5) is 0 Å². The van der Waals surface area contributed by atoms with Gasteiger partial charge in [-0.1, -0.05) is 0 Å². The first-order valence-corrected chi connectivity index (χ1v) is 7.56. The Hall–Kier alpha value is 0.314. The summed E-state index contributed by atoms with van der Waals surface area (Å²) in [6.45, 7) is 4.28. The molecule has 0 aromatic rings. The summed E-state index contributed by atoms with van der Waals surface area (Å²) in [6.07, 6.45) is 0. The number of nitrogens with two attached hydrogens (primary N) is 1. The first kappa shape index (κ1) is 8.31. The van der Waals surface area contributed by atoms with E-state index in [4.69, 9.17) is 5.40 Å². The average Bonchev–Trinajstić information content (AvgIpc) is 1.65. The zero-order chi connectivity index (χ0) is 6.57. The second-order valence-electron chi connectivity index (χ2n) is 1.97. The van der Waals surface area contributed by atoms with Crippen molar-refractivity contribution in [3.8, 4) is 0 Å². The molecule has 3 nitrogen and oxygen atoms in total. The van der Waals surface area contributed by atoms with Crippen molar-refractivity contribution in [2.24, 2.45) is 5.40 Å². The van der Waals surface area contributed by atoms with Crippen LogP contribution in [-0.4, -0.2) is 25.3 Å². The SMILES string of the molecule is CN[SiH](C)N[SiH](C)N. The molecule has 0 fully saturated rings. The minimum absolute atomic E-state index is 0.802. The monoisotopic (exact) mass is 149 g/mol. The Labute approximate surface area is 54.2 Å². The summed E-state index contributed by atoms with van der Waals surface area (Å²) >= 11 is 0. The topological polar surface area (TPSA) is 50.1 Å². The van der Waals surface area contributed by atoms with Gasteiger partial charge in [-0.25, -0.2) is 0 Å². The van der Waals surface area contributed by atoms with Gasteiger partial charge in [0.2, 0.25) is 0 Å². The van der Waals surface area contributed by atoms with Crippen LogP contribution in [0.1, 0.15) is 0 Å². The second-order valence-corrected chi connectivity index (χ2v) is 6.90. The van der Waals surface area contributed by atoms with Crippen LogP contribution in [0.2, 0.25) is 13.1 Å². The molecule has 0 heterocycles. The van der Waals surface area contributed by atoms with E-state index in [1.54, 1.807) is 0 Å². The van der Waals surface area contributed by atoms with Crippen LogP contribution in [0.3, 0.4) is 0 Å². The summed E-state index contributed by atoms with van der Waals surface area (Å²) in [6, 6.07) is 0. The fraction of sp³-hybridized carbons (Fsp3) is 1.00. The van der Waals surface area contributed by atoms with Crippen LogP contribution < -0.4 is 15.0 Å². The van der Waals surface area contributed by atoms with Crippen molar-refractivity contribution >= 4 is 18.2 Å². The third-order valence-corrected chi connectivity index (χ3v) is 5.92. The van der Waals surface area contributed by atoms with E-state index in [1.807, 2.05) is 7.05 Å². The molecule has 0 radical (unpaired) electrons. The number of rotatable bonds is 3. The maximum absolute atomic E-state index is 5.59. The highest BCUT2D eigenvalue weighted by atomic mass is 28.4. The molecular formula is C3H15N3Si2. The molecule has 0 rings (SSSR count). The fourth-order valence-corrected chi connectivity index (χ4v) is 4.30. The predicted molar refractivity (Wildman–Crippen MR) is 42.4 cm³/mol. The minimum Gasteiger partial charge on any atom is -0.342 e. The van der Waals surface area contributed by atoms with E-state index in [0.29, 0.717) is 0 Å². The average molecular weight is 149 g/mol. The Bertz CT molecular complexity index is 58.5. The van der Waals surface area contributed by atoms with Gasteiger partial charge >= 0.3 is 0 Å². The van der Waals surface area contributed by atoms with Crippen LogP contribution in [0, 0.1) is 0 Å². The van der Waals surface area contributed by atoms with Crippen molar-refractivity contribution in [3.63, 3.8) is 0 Å². The largest absolute Gasteiger partial charge is 0.342 e. The lowest BCUT2D eigenvalue weighted by molar-refractivity contribution is 1.15. The fourth-order valence-electron chi connectivity index (χ4n) is 0.478. The molecule has 2 atom stereocenters. The van der Waals surface area contributed by atoms with E-state index in [9.17, 15) is 0 Å². The number of hydrogen-bond acceptors (Lipinski definition) is 3. The van der Waals surface area contributed by atoms with Crippen molar-refractivity contribution in [1.29, 1.82) is 0 Å². The normalized spacial score (nSPS) is 18.0. The molecule has 0 amide bonds. The van der Waals surface area contributed by atoms with Gasteiger partial charge in [0.05, 0.1) is 0 Å². The molecule has 0 aliphatic heterocycles. The number of hydrogen-bond donors (Lipinski definition) is 3. The second kappa shape index (κ2) is 4.22. The van der Waals surface area contributed by atoms with Crippen LogP contribution >= 0.6 is 0 Å². The van der Waals surface area contributed by atoms with Crippen LogP contribution in [-0.2, 0) is 0 Å². The van der Waals surface area contributed by atoms with E-state index >= 15 is 0 Å². The zero-order valence-electron chi connectivity index (χ0n) is 5.73. The first-order valence-electron chi connectivity index (χ1n) is 2.85. The third-order valence-electron chi connectivity index (χ3n) is 0.946. The van der Waals surface area contributed by atoms with Crippen LogP contribution in [0.15, 0.2) is 0 Å². The summed E-state index contributed by atoms with van der Waals surface area (Å²) in [5, 5.41) is 5.59. The Morgan fingerprint density at radius 3 is 2.00 bits per heavy atom. The van der Waals surface area contributed by atoms with Gasteiger partial charge in [0, 0.05) is 0 Å². The molecule has 8 heavy (non-hydrogen) atoms. The lowest BCUT2D eigenvalue weighted by Crippen LogP contribution is -2.53. The molecule has 0 aromatic carbocycles. The standard InChI is InChI=1S/C3H15N3Si2/c1-5-8(3)6-7(2)4/h5-8H,4H2,1-3H3. The van der Waals surface area contributed by atoms with E-state index in [0.717, 1.165) is 0 Å². The predicted octanol–water partition coefficient (Wildman–Crippen LogP) is -1.55. The van der Waals surface area contributed by atoms with Gasteiger partial charge in [0.15, 0.2) is 18.2 Å². The molecule has 0 bridgehead atoms. The van der Waals surface area contributed by atoms with Gasteiger partial charge in [0.1, 0.15) is 0 Å². The lowest BCUT2D eigenvalue weighted by Gasteiger charge is -2.11. The molecular weight excluding hydrogens is 134 g/mol. The lowest BCUT2D eigenvalue weighted by atomic mass is 11.6. The molecule has 0 saturated carbocycles. The molecule has 0 spiro atoms. The van der Waals surface area contributed by atoms with Crippen molar-refractivity contribution in [2.75, 3.05) is 7.05 Å². The molecule has 0 aliphatic carbocycles. The van der Waals surface area contributed by atoms with Crippen molar-refractivity contribution in [2.45, 2.75) is 13.1 Å². The smallest absolute Gasteiger partial charge is 0.175 e. The molecule has 0 aliphatic rings. The summed E-state index contributed by atoms with van der Waals surface area (Å²) < 4.78 is 3.34. The first-order chi connectivity index (χ1) is 3.66. The van der Waals surface area contributed by atoms with Gasteiger partial charge < -0.3 is 15.0 Å². The van der Waals surface area contributed by atoms with Gasteiger partial charge in [-0.3, -0.25) is 0 Å². The zero-order valence-corrected chi connectivity index (χ0v) is 8.04.